The van der Waals surface area contributed by atoms with Crippen LogP contribution in [0.1, 0.15) is 30.0 Å². The van der Waals surface area contributed by atoms with E-state index in [0.29, 0.717) is 0 Å². The van der Waals surface area contributed by atoms with Crippen molar-refractivity contribution in [1.29, 1.82) is 0 Å². The van der Waals surface area contributed by atoms with Gasteiger partial charge in [-0.15, -0.1) is 6.42 Å². The van der Waals surface area contributed by atoms with E-state index in [-0.39, 0.29) is 6.04 Å². The molecule has 0 radical (unpaired) electrons. The van der Waals surface area contributed by atoms with E-state index in [0.717, 1.165) is 40.9 Å². The maximum absolute atomic E-state index is 5.84. The zero-order valence-corrected chi connectivity index (χ0v) is 13.2. The second-order valence-electron chi connectivity index (χ2n) is 5.09. The molecule has 1 N–H and O–H groups in total. The minimum absolute atomic E-state index is 0.239. The van der Waals surface area contributed by atoms with Crippen molar-refractivity contribution in [3.8, 4) is 18.1 Å². The maximum Gasteiger partial charge on any atom is 0.125 e. The van der Waals surface area contributed by atoms with Crippen molar-refractivity contribution >= 4 is 21.6 Å². The number of nitrogens with one attached hydrogen (secondary N) is 1. The van der Waals surface area contributed by atoms with Crippen LogP contribution < -0.4 is 10.1 Å². The van der Waals surface area contributed by atoms with Crippen molar-refractivity contribution in [3.05, 3.63) is 58.1 Å². The highest BCUT2D eigenvalue weighted by Crippen LogP contribution is 2.35. The molecule has 2 nitrogen and oxygen atoms in total. The Morgan fingerprint density at radius 1 is 1.24 bits per heavy atom. The third-order valence-electron chi connectivity index (χ3n) is 3.62. The van der Waals surface area contributed by atoms with Gasteiger partial charge in [-0.25, -0.2) is 0 Å². The highest BCUT2D eigenvalue weighted by molar-refractivity contribution is 9.10. The quantitative estimate of drug-likeness (QED) is 0.795. The zero-order chi connectivity index (χ0) is 14.7. The topological polar surface area (TPSA) is 21.3 Å². The molecule has 1 aliphatic heterocycles. The van der Waals surface area contributed by atoms with Gasteiger partial charge >= 0.3 is 0 Å². The van der Waals surface area contributed by atoms with Gasteiger partial charge in [0.1, 0.15) is 5.75 Å². The predicted molar refractivity (Wildman–Crippen MR) is 89.6 cm³/mol. The summed E-state index contributed by atoms with van der Waals surface area (Å²) in [5.74, 6) is 3.62. The number of rotatable bonds is 2. The Kier molecular flexibility index (Phi) is 4.17. The normalized spacial score (nSPS) is 17.0. The highest BCUT2D eigenvalue weighted by Gasteiger charge is 2.19. The molecule has 21 heavy (non-hydrogen) atoms. The van der Waals surface area contributed by atoms with Gasteiger partial charge in [-0.3, -0.25) is 0 Å². The summed E-state index contributed by atoms with van der Waals surface area (Å²) in [6.07, 6.45) is 7.53. The molecule has 2 aromatic rings. The van der Waals surface area contributed by atoms with E-state index < -0.39 is 0 Å². The first-order chi connectivity index (χ1) is 10.3. The molecule has 1 heterocycles. The first-order valence-electron chi connectivity index (χ1n) is 7.02. The molecule has 1 atom stereocenters. The van der Waals surface area contributed by atoms with Crippen LogP contribution >= 0.6 is 15.9 Å². The summed E-state index contributed by atoms with van der Waals surface area (Å²) >= 11 is 3.50. The maximum atomic E-state index is 5.84. The largest absolute Gasteiger partial charge is 0.493 e. The molecule has 106 valence electrons. The van der Waals surface area contributed by atoms with Crippen LogP contribution in [-0.4, -0.2) is 6.61 Å². The van der Waals surface area contributed by atoms with Crippen LogP contribution in [0.25, 0.3) is 0 Å². The molecule has 0 amide bonds. The molecule has 0 saturated carbocycles. The van der Waals surface area contributed by atoms with Crippen LogP contribution in [0.3, 0.4) is 0 Å². The van der Waals surface area contributed by atoms with Gasteiger partial charge < -0.3 is 10.1 Å². The van der Waals surface area contributed by atoms with Crippen molar-refractivity contribution < 1.29 is 4.74 Å². The van der Waals surface area contributed by atoms with E-state index >= 15 is 0 Å². The van der Waals surface area contributed by atoms with Crippen LogP contribution in [0.4, 0.5) is 5.69 Å². The minimum Gasteiger partial charge on any atom is -0.493 e. The standard InChI is InChI=1S/C18H16BrNO/c1-2-13-5-3-6-15(11-13)20-17-7-4-10-21-18-12-14(19)8-9-16(17)18/h1,3,5-6,8-9,11-12,17,20H,4,7,10H2. The molecular formula is C18H16BrNO. The molecule has 0 saturated heterocycles. The number of benzene rings is 2. The molecule has 1 aliphatic rings. The van der Waals surface area contributed by atoms with Gasteiger partial charge in [-0.05, 0) is 43.2 Å². The summed E-state index contributed by atoms with van der Waals surface area (Å²) in [6, 6.07) is 14.4. The lowest BCUT2D eigenvalue weighted by atomic mass is 10.0. The molecule has 0 bridgehead atoms. The average molecular weight is 342 g/mol. The number of terminal acetylenes is 1. The van der Waals surface area contributed by atoms with Gasteiger partial charge in [0.15, 0.2) is 0 Å². The van der Waals surface area contributed by atoms with Crippen LogP contribution in [0.5, 0.6) is 5.75 Å². The van der Waals surface area contributed by atoms with Crippen LogP contribution in [0.2, 0.25) is 0 Å². The summed E-state index contributed by atoms with van der Waals surface area (Å²) in [5, 5.41) is 3.58. The predicted octanol–water partition coefficient (Wildman–Crippen LogP) is 4.76. The van der Waals surface area contributed by atoms with Crippen molar-refractivity contribution in [2.24, 2.45) is 0 Å². The number of hydrogen-bond acceptors (Lipinski definition) is 2. The van der Waals surface area contributed by atoms with E-state index in [1.54, 1.807) is 0 Å². The zero-order valence-electron chi connectivity index (χ0n) is 11.6. The molecular weight excluding hydrogens is 326 g/mol. The summed E-state index contributed by atoms with van der Waals surface area (Å²) in [6.45, 7) is 0.756. The third kappa shape index (κ3) is 3.22. The molecule has 2 aromatic carbocycles. The smallest absolute Gasteiger partial charge is 0.125 e. The van der Waals surface area contributed by atoms with Gasteiger partial charge in [-0.1, -0.05) is 34.0 Å². The van der Waals surface area contributed by atoms with Gasteiger partial charge in [0.05, 0.1) is 12.6 Å². The van der Waals surface area contributed by atoms with Crippen LogP contribution in [-0.2, 0) is 0 Å². The molecule has 0 fully saturated rings. The van der Waals surface area contributed by atoms with Crippen LogP contribution in [0.15, 0.2) is 46.9 Å². The second-order valence-corrected chi connectivity index (χ2v) is 6.01. The van der Waals surface area contributed by atoms with E-state index in [1.165, 1.54) is 5.56 Å². The lowest BCUT2D eigenvalue weighted by Gasteiger charge is -2.20. The molecule has 3 rings (SSSR count). The highest BCUT2D eigenvalue weighted by atomic mass is 79.9. The van der Waals surface area contributed by atoms with Crippen molar-refractivity contribution in [2.45, 2.75) is 18.9 Å². The van der Waals surface area contributed by atoms with Gasteiger partial charge in [0.2, 0.25) is 0 Å². The van der Waals surface area contributed by atoms with Gasteiger partial charge in [-0.2, -0.15) is 0 Å². The molecule has 0 aromatic heterocycles. The molecule has 0 aliphatic carbocycles. The Morgan fingerprint density at radius 2 is 2.14 bits per heavy atom. The lowest BCUT2D eigenvalue weighted by molar-refractivity contribution is 0.316. The first kappa shape index (κ1) is 14.0. The SMILES string of the molecule is C#Cc1cccc(NC2CCCOc3cc(Br)ccc32)c1. The molecule has 1 unspecified atom stereocenters. The molecule has 3 heteroatoms. The van der Waals surface area contributed by atoms with E-state index in [2.05, 4.69) is 39.3 Å². The van der Waals surface area contributed by atoms with Crippen LogP contribution in [0, 0.1) is 12.3 Å². The van der Waals surface area contributed by atoms with E-state index in [1.807, 2.05) is 30.3 Å². The lowest BCUT2D eigenvalue weighted by Crippen LogP contribution is -2.10. The summed E-state index contributed by atoms with van der Waals surface area (Å²) < 4.78 is 6.88. The fourth-order valence-electron chi connectivity index (χ4n) is 2.60. The monoisotopic (exact) mass is 341 g/mol. The van der Waals surface area contributed by atoms with E-state index in [9.17, 15) is 0 Å². The third-order valence-corrected chi connectivity index (χ3v) is 4.11. The summed E-state index contributed by atoms with van der Waals surface area (Å²) in [4.78, 5) is 0. The van der Waals surface area contributed by atoms with Gasteiger partial charge in [0.25, 0.3) is 0 Å². The van der Waals surface area contributed by atoms with Crippen molar-refractivity contribution in [2.75, 3.05) is 11.9 Å². The minimum atomic E-state index is 0.239. The Hall–Kier alpha value is -1.92. The number of ether oxygens (including phenoxy) is 1. The van der Waals surface area contributed by atoms with Crippen molar-refractivity contribution in [3.63, 3.8) is 0 Å². The fraction of sp³-hybridized carbons (Fsp3) is 0.222. The number of anilines is 1. The fourth-order valence-corrected chi connectivity index (χ4v) is 2.94. The number of halogens is 1. The average Bonchev–Trinajstić information content (AvgIpc) is 2.69. The number of hydrogen-bond donors (Lipinski definition) is 1. The first-order valence-corrected chi connectivity index (χ1v) is 7.81. The Bertz CT molecular complexity index is 690. The summed E-state index contributed by atoms with van der Waals surface area (Å²) in [7, 11) is 0. The van der Waals surface area contributed by atoms with Crippen molar-refractivity contribution in [1.82, 2.24) is 0 Å². The summed E-state index contributed by atoms with van der Waals surface area (Å²) in [5.41, 5.74) is 3.13. The Morgan fingerprint density at radius 3 is 3.00 bits per heavy atom. The number of fused-ring (bicyclic) bond motifs is 1. The van der Waals surface area contributed by atoms with Gasteiger partial charge in [0, 0.05) is 21.3 Å². The second kappa shape index (κ2) is 6.24. The Labute approximate surface area is 133 Å². The Balaban J connectivity index is 1.90. The van der Waals surface area contributed by atoms with E-state index in [4.69, 9.17) is 11.2 Å². The molecule has 0 spiro atoms.